The zero-order chi connectivity index (χ0) is 24.3. The number of anilines is 2. The van der Waals surface area contributed by atoms with Gasteiger partial charge in [0.1, 0.15) is 0 Å². The Hall–Kier alpha value is -3.88. The molecule has 0 saturated carbocycles. The Bertz CT molecular complexity index is 1520. The minimum absolute atomic E-state index is 0.0968. The first-order valence-electron chi connectivity index (χ1n) is 10.1. The number of fused-ring (bicyclic) bond motifs is 1. The van der Waals surface area contributed by atoms with Crippen LogP contribution in [0, 0.1) is 0 Å². The van der Waals surface area contributed by atoms with E-state index in [9.17, 15) is 18.0 Å². The summed E-state index contributed by atoms with van der Waals surface area (Å²) < 4.78 is 33.5. The van der Waals surface area contributed by atoms with E-state index in [-0.39, 0.29) is 21.7 Å². The van der Waals surface area contributed by atoms with Crippen molar-refractivity contribution in [1.82, 2.24) is 0 Å². The first-order valence-corrected chi connectivity index (χ1v) is 11.9. The fraction of sp³-hybridized carbons (Fsp3) is 0.0400. The third kappa shape index (κ3) is 4.73. The number of amides is 1. The van der Waals surface area contributed by atoms with E-state index in [1.54, 1.807) is 48.5 Å². The average molecular weight is 495 g/mol. The van der Waals surface area contributed by atoms with Gasteiger partial charge in [-0.05, 0) is 42.5 Å². The van der Waals surface area contributed by atoms with E-state index in [1.807, 2.05) is 6.07 Å². The molecule has 0 aliphatic heterocycles. The van der Waals surface area contributed by atoms with Gasteiger partial charge in [-0.15, -0.1) is 0 Å². The highest BCUT2D eigenvalue weighted by atomic mass is 35.5. The van der Waals surface area contributed by atoms with E-state index < -0.39 is 21.9 Å². The van der Waals surface area contributed by atoms with E-state index in [0.29, 0.717) is 21.5 Å². The van der Waals surface area contributed by atoms with Gasteiger partial charge in [0.25, 0.3) is 15.9 Å². The summed E-state index contributed by atoms with van der Waals surface area (Å²) in [6.07, 6.45) is 0. The minimum Gasteiger partial charge on any atom is -0.465 e. The van der Waals surface area contributed by atoms with E-state index in [0.717, 1.165) is 0 Å². The van der Waals surface area contributed by atoms with Crippen molar-refractivity contribution in [2.24, 2.45) is 0 Å². The van der Waals surface area contributed by atoms with Gasteiger partial charge >= 0.3 is 5.97 Å². The normalized spacial score (nSPS) is 11.1. The molecule has 4 aromatic carbocycles. The number of benzene rings is 4. The lowest BCUT2D eigenvalue weighted by Gasteiger charge is -2.13. The van der Waals surface area contributed by atoms with Crippen LogP contribution >= 0.6 is 11.6 Å². The molecule has 0 aliphatic carbocycles. The number of halogens is 1. The molecule has 1 amide bonds. The van der Waals surface area contributed by atoms with Gasteiger partial charge in [0.15, 0.2) is 0 Å². The highest BCUT2D eigenvalue weighted by Gasteiger charge is 2.19. The van der Waals surface area contributed by atoms with E-state index in [2.05, 4.69) is 10.0 Å². The summed E-state index contributed by atoms with van der Waals surface area (Å²) in [4.78, 5) is 24.7. The number of carbonyl (C=O) groups excluding carboxylic acids is 2. The molecule has 34 heavy (non-hydrogen) atoms. The first-order chi connectivity index (χ1) is 16.3. The molecule has 0 atom stereocenters. The Kier molecular flexibility index (Phi) is 6.54. The molecule has 0 saturated heterocycles. The predicted octanol–water partition coefficient (Wildman–Crippen LogP) is 5.33. The Morgan fingerprint density at radius 2 is 1.53 bits per heavy atom. The number of rotatable bonds is 6. The quantitative estimate of drug-likeness (QED) is 0.353. The molecule has 4 aromatic rings. The molecule has 4 rings (SSSR count). The molecular formula is C25H19ClN2O5S. The number of ether oxygens (including phenoxy) is 1. The molecule has 9 heteroatoms. The van der Waals surface area contributed by atoms with Crippen molar-refractivity contribution in [1.29, 1.82) is 0 Å². The van der Waals surface area contributed by atoms with E-state index >= 15 is 0 Å². The van der Waals surface area contributed by atoms with E-state index in [1.165, 1.54) is 37.4 Å². The third-order valence-corrected chi connectivity index (χ3v) is 6.80. The molecule has 0 radical (unpaired) electrons. The van der Waals surface area contributed by atoms with Crippen LogP contribution in [0.15, 0.2) is 89.8 Å². The van der Waals surface area contributed by atoms with Gasteiger partial charge < -0.3 is 10.1 Å². The molecule has 2 N–H and O–H groups in total. The van der Waals surface area contributed by atoms with Crippen molar-refractivity contribution in [3.05, 3.63) is 101 Å². The number of hydrogen-bond acceptors (Lipinski definition) is 5. The molecule has 0 fully saturated rings. The Balaban J connectivity index is 1.62. The molecule has 0 bridgehead atoms. The lowest BCUT2D eigenvalue weighted by Crippen LogP contribution is -2.17. The van der Waals surface area contributed by atoms with Gasteiger partial charge in [-0.25, -0.2) is 13.2 Å². The second-order valence-electron chi connectivity index (χ2n) is 7.27. The Labute approximate surface area is 201 Å². The third-order valence-electron chi connectivity index (χ3n) is 5.10. The van der Waals surface area contributed by atoms with Gasteiger partial charge in [0.05, 0.1) is 28.9 Å². The SMILES string of the molecule is COC(=O)c1ccccc1NC(=O)c1cccc(S(=O)(=O)Nc2ccc(Cl)c3ccccc23)c1. The molecule has 7 nitrogen and oxygen atoms in total. The molecular weight excluding hydrogens is 476 g/mol. The number of hydrogen-bond donors (Lipinski definition) is 2. The molecule has 0 aromatic heterocycles. The van der Waals surface area contributed by atoms with Gasteiger partial charge in [0.2, 0.25) is 0 Å². The van der Waals surface area contributed by atoms with Crippen LogP contribution in [0.25, 0.3) is 10.8 Å². The van der Waals surface area contributed by atoms with Crippen molar-refractivity contribution < 1.29 is 22.7 Å². The van der Waals surface area contributed by atoms with Crippen LogP contribution in [0.5, 0.6) is 0 Å². The molecule has 0 unspecified atom stereocenters. The summed E-state index contributed by atoms with van der Waals surface area (Å²) in [5.41, 5.74) is 0.891. The van der Waals surface area contributed by atoms with Gasteiger partial charge in [-0.2, -0.15) is 0 Å². The zero-order valence-corrected chi connectivity index (χ0v) is 19.5. The van der Waals surface area contributed by atoms with Crippen LogP contribution in [0.1, 0.15) is 20.7 Å². The number of methoxy groups -OCH3 is 1. The van der Waals surface area contributed by atoms with Gasteiger partial charge in [-0.1, -0.05) is 54.1 Å². The average Bonchev–Trinajstić information content (AvgIpc) is 2.86. The first kappa shape index (κ1) is 23.3. The topological polar surface area (TPSA) is 102 Å². The summed E-state index contributed by atoms with van der Waals surface area (Å²) in [6, 6.07) is 22.3. The molecule has 0 spiro atoms. The van der Waals surface area contributed by atoms with Crippen molar-refractivity contribution in [2.75, 3.05) is 17.1 Å². The Morgan fingerprint density at radius 3 is 2.29 bits per heavy atom. The predicted molar refractivity (Wildman–Crippen MR) is 132 cm³/mol. The second-order valence-corrected chi connectivity index (χ2v) is 9.35. The van der Waals surface area contributed by atoms with Crippen LogP contribution in [0.4, 0.5) is 11.4 Å². The van der Waals surface area contributed by atoms with Crippen LogP contribution in [0.3, 0.4) is 0 Å². The Morgan fingerprint density at radius 1 is 0.824 bits per heavy atom. The van der Waals surface area contributed by atoms with Crippen molar-refractivity contribution in [3.8, 4) is 0 Å². The summed E-state index contributed by atoms with van der Waals surface area (Å²) in [6.45, 7) is 0. The fourth-order valence-electron chi connectivity index (χ4n) is 3.43. The lowest BCUT2D eigenvalue weighted by molar-refractivity contribution is 0.0602. The summed E-state index contributed by atoms with van der Waals surface area (Å²) >= 11 is 6.23. The zero-order valence-electron chi connectivity index (χ0n) is 17.9. The van der Waals surface area contributed by atoms with Crippen LogP contribution in [-0.2, 0) is 14.8 Å². The summed E-state index contributed by atoms with van der Waals surface area (Å²) in [5.74, 6) is -1.18. The maximum Gasteiger partial charge on any atom is 0.339 e. The molecule has 0 aliphatic rings. The maximum atomic E-state index is 13.1. The summed E-state index contributed by atoms with van der Waals surface area (Å²) in [7, 11) is -2.78. The van der Waals surface area contributed by atoms with E-state index in [4.69, 9.17) is 16.3 Å². The number of esters is 1. The largest absolute Gasteiger partial charge is 0.465 e. The highest BCUT2D eigenvalue weighted by molar-refractivity contribution is 7.92. The highest BCUT2D eigenvalue weighted by Crippen LogP contribution is 2.31. The number of carbonyl (C=O) groups is 2. The maximum absolute atomic E-state index is 13.1. The minimum atomic E-state index is -4.02. The van der Waals surface area contributed by atoms with Gasteiger partial charge in [0, 0.05) is 21.4 Å². The van der Waals surface area contributed by atoms with Crippen molar-refractivity contribution >= 4 is 55.6 Å². The van der Waals surface area contributed by atoms with Crippen molar-refractivity contribution in [2.45, 2.75) is 4.90 Å². The number of nitrogens with one attached hydrogen (secondary N) is 2. The second kappa shape index (κ2) is 9.54. The van der Waals surface area contributed by atoms with Crippen molar-refractivity contribution in [3.63, 3.8) is 0 Å². The number of sulfonamides is 1. The molecule has 0 heterocycles. The monoisotopic (exact) mass is 494 g/mol. The van der Waals surface area contributed by atoms with Crippen LogP contribution in [-0.4, -0.2) is 27.4 Å². The summed E-state index contributed by atoms with van der Waals surface area (Å²) in [5, 5.41) is 4.49. The lowest BCUT2D eigenvalue weighted by atomic mass is 10.1. The van der Waals surface area contributed by atoms with Crippen LogP contribution in [0.2, 0.25) is 5.02 Å². The van der Waals surface area contributed by atoms with Crippen LogP contribution < -0.4 is 10.0 Å². The van der Waals surface area contributed by atoms with Gasteiger partial charge in [-0.3, -0.25) is 9.52 Å². The smallest absolute Gasteiger partial charge is 0.339 e. The molecule has 172 valence electrons. The fourth-order valence-corrected chi connectivity index (χ4v) is 4.79. The number of para-hydroxylation sites is 1. The standard InChI is InChI=1S/C25H19ClN2O5S/c1-33-25(30)20-11-4-5-12-22(20)27-24(29)16-7-6-8-17(15-16)34(31,32)28-23-14-13-21(26)18-9-2-3-10-19(18)23/h2-15,28H,1H3,(H,27,29).